The van der Waals surface area contributed by atoms with Crippen LogP contribution in [-0.4, -0.2) is 24.4 Å². The molecular formula is C15H21N3O3. The number of benzene rings is 1. The lowest BCUT2D eigenvalue weighted by Crippen LogP contribution is -2.13. The molecule has 1 aromatic carbocycles. The Hall–Kier alpha value is -2.08. The van der Waals surface area contributed by atoms with E-state index in [1.807, 2.05) is 18.2 Å². The molecule has 21 heavy (non-hydrogen) atoms. The van der Waals surface area contributed by atoms with Gasteiger partial charge in [-0.15, -0.1) is 10.2 Å². The molecule has 0 fully saturated rings. The van der Waals surface area contributed by atoms with Crippen LogP contribution in [-0.2, 0) is 0 Å². The fraction of sp³-hybridized carbons (Fsp3) is 0.467. The van der Waals surface area contributed by atoms with Crippen LogP contribution in [0.4, 0.5) is 0 Å². The largest absolute Gasteiger partial charge is 0.496 e. The average molecular weight is 291 g/mol. The summed E-state index contributed by atoms with van der Waals surface area (Å²) in [5, 5.41) is 8.12. The molecule has 1 atom stereocenters. The molecule has 6 heteroatoms. The zero-order chi connectivity index (χ0) is 15.4. The van der Waals surface area contributed by atoms with E-state index in [4.69, 9.17) is 19.6 Å². The van der Waals surface area contributed by atoms with Crippen molar-refractivity contribution in [1.29, 1.82) is 0 Å². The van der Waals surface area contributed by atoms with Crippen molar-refractivity contribution in [2.24, 2.45) is 11.7 Å². The molecule has 0 saturated heterocycles. The molecule has 1 unspecified atom stereocenters. The summed E-state index contributed by atoms with van der Waals surface area (Å²) in [4.78, 5) is 0. The van der Waals surface area contributed by atoms with E-state index in [-0.39, 0.29) is 6.04 Å². The molecule has 0 saturated carbocycles. The van der Waals surface area contributed by atoms with Crippen molar-refractivity contribution >= 4 is 0 Å². The summed E-state index contributed by atoms with van der Waals surface area (Å²) < 4.78 is 16.4. The van der Waals surface area contributed by atoms with Crippen molar-refractivity contribution in [2.75, 3.05) is 14.2 Å². The standard InChI is InChI=1S/C15H21N3O3/c1-9(2)8-10(16)14-17-18-15(21-14)13-11(19-3)6-5-7-12(13)20-4/h5-7,9-10H,8,16H2,1-4H3. The van der Waals surface area contributed by atoms with Crippen molar-refractivity contribution < 1.29 is 13.9 Å². The van der Waals surface area contributed by atoms with Crippen LogP contribution >= 0.6 is 0 Å². The van der Waals surface area contributed by atoms with Crippen LogP contribution in [0.3, 0.4) is 0 Å². The Kier molecular flexibility index (Phi) is 4.80. The zero-order valence-corrected chi connectivity index (χ0v) is 12.8. The number of ether oxygens (including phenoxy) is 2. The summed E-state index contributed by atoms with van der Waals surface area (Å²) in [6.07, 6.45) is 0.782. The Labute approximate surface area is 124 Å². The first-order chi connectivity index (χ1) is 10.1. The maximum absolute atomic E-state index is 6.07. The first-order valence-corrected chi connectivity index (χ1v) is 6.87. The van der Waals surface area contributed by atoms with E-state index in [2.05, 4.69) is 24.0 Å². The van der Waals surface area contributed by atoms with Gasteiger partial charge in [0, 0.05) is 0 Å². The van der Waals surface area contributed by atoms with Gasteiger partial charge in [0.2, 0.25) is 5.89 Å². The number of hydrogen-bond donors (Lipinski definition) is 1. The van der Waals surface area contributed by atoms with Gasteiger partial charge < -0.3 is 19.6 Å². The molecular weight excluding hydrogens is 270 g/mol. The Bertz CT molecular complexity index is 573. The van der Waals surface area contributed by atoms with Crippen molar-refractivity contribution in [3.63, 3.8) is 0 Å². The van der Waals surface area contributed by atoms with Crippen LogP contribution in [0.25, 0.3) is 11.5 Å². The number of methoxy groups -OCH3 is 2. The minimum atomic E-state index is -0.271. The Morgan fingerprint density at radius 3 is 2.29 bits per heavy atom. The van der Waals surface area contributed by atoms with Crippen LogP contribution in [0, 0.1) is 5.92 Å². The third-order valence-electron chi connectivity index (χ3n) is 3.12. The summed E-state index contributed by atoms with van der Waals surface area (Å²) in [5.41, 5.74) is 6.71. The summed E-state index contributed by atoms with van der Waals surface area (Å²) in [6, 6.07) is 5.20. The monoisotopic (exact) mass is 291 g/mol. The van der Waals surface area contributed by atoms with Gasteiger partial charge in [-0.1, -0.05) is 19.9 Å². The van der Waals surface area contributed by atoms with E-state index in [0.717, 1.165) is 6.42 Å². The van der Waals surface area contributed by atoms with Crippen LogP contribution in [0.15, 0.2) is 22.6 Å². The molecule has 0 aliphatic rings. The smallest absolute Gasteiger partial charge is 0.255 e. The van der Waals surface area contributed by atoms with E-state index in [0.29, 0.717) is 34.8 Å². The van der Waals surface area contributed by atoms with Crippen molar-refractivity contribution in [3.05, 3.63) is 24.1 Å². The lowest BCUT2D eigenvalue weighted by molar-refractivity contribution is 0.386. The number of hydrogen-bond acceptors (Lipinski definition) is 6. The predicted octanol–water partition coefficient (Wildman–Crippen LogP) is 2.80. The molecule has 0 aliphatic carbocycles. The molecule has 0 aliphatic heterocycles. The first-order valence-electron chi connectivity index (χ1n) is 6.87. The van der Waals surface area contributed by atoms with Crippen LogP contribution in [0.2, 0.25) is 0 Å². The topological polar surface area (TPSA) is 83.4 Å². The van der Waals surface area contributed by atoms with Gasteiger partial charge in [0.1, 0.15) is 17.1 Å². The normalized spacial score (nSPS) is 12.5. The van der Waals surface area contributed by atoms with E-state index < -0.39 is 0 Å². The Morgan fingerprint density at radius 2 is 1.76 bits per heavy atom. The van der Waals surface area contributed by atoms with E-state index in [1.165, 1.54) is 0 Å². The van der Waals surface area contributed by atoms with E-state index in [9.17, 15) is 0 Å². The second kappa shape index (κ2) is 6.58. The minimum Gasteiger partial charge on any atom is -0.496 e. The van der Waals surface area contributed by atoms with Crippen molar-refractivity contribution in [1.82, 2.24) is 10.2 Å². The molecule has 0 amide bonds. The molecule has 0 spiro atoms. The number of aromatic nitrogens is 2. The summed E-state index contributed by atoms with van der Waals surface area (Å²) in [7, 11) is 3.17. The second-order valence-electron chi connectivity index (χ2n) is 5.22. The number of rotatable bonds is 6. The van der Waals surface area contributed by atoms with Gasteiger partial charge in [0.25, 0.3) is 5.89 Å². The lowest BCUT2D eigenvalue weighted by atomic mass is 10.0. The van der Waals surface area contributed by atoms with Gasteiger partial charge in [0.15, 0.2) is 0 Å². The fourth-order valence-electron chi connectivity index (χ4n) is 2.16. The van der Waals surface area contributed by atoms with Gasteiger partial charge in [-0.25, -0.2) is 0 Å². The van der Waals surface area contributed by atoms with Crippen LogP contribution in [0.5, 0.6) is 11.5 Å². The predicted molar refractivity (Wildman–Crippen MR) is 79.2 cm³/mol. The van der Waals surface area contributed by atoms with Gasteiger partial charge >= 0.3 is 0 Å². The van der Waals surface area contributed by atoms with E-state index in [1.54, 1.807) is 14.2 Å². The molecule has 6 nitrogen and oxygen atoms in total. The Balaban J connectivity index is 2.37. The van der Waals surface area contributed by atoms with Crippen molar-refractivity contribution in [3.8, 4) is 23.0 Å². The molecule has 2 aromatic rings. The SMILES string of the molecule is COc1cccc(OC)c1-c1nnc(C(N)CC(C)C)o1. The van der Waals surface area contributed by atoms with Crippen LogP contribution < -0.4 is 15.2 Å². The number of nitrogens with two attached hydrogens (primary N) is 1. The van der Waals surface area contributed by atoms with E-state index >= 15 is 0 Å². The number of nitrogens with zero attached hydrogens (tertiary/aromatic N) is 2. The highest BCUT2D eigenvalue weighted by molar-refractivity contribution is 5.70. The molecule has 2 rings (SSSR count). The summed E-state index contributed by atoms with van der Waals surface area (Å²) in [5.74, 6) is 2.45. The van der Waals surface area contributed by atoms with Crippen molar-refractivity contribution in [2.45, 2.75) is 26.3 Å². The maximum atomic E-state index is 6.07. The molecule has 114 valence electrons. The third kappa shape index (κ3) is 3.33. The second-order valence-corrected chi connectivity index (χ2v) is 5.22. The van der Waals surface area contributed by atoms with Gasteiger partial charge in [-0.3, -0.25) is 0 Å². The third-order valence-corrected chi connectivity index (χ3v) is 3.12. The van der Waals surface area contributed by atoms with Gasteiger partial charge in [-0.05, 0) is 24.5 Å². The highest BCUT2D eigenvalue weighted by atomic mass is 16.5. The molecule has 0 radical (unpaired) electrons. The highest BCUT2D eigenvalue weighted by Crippen LogP contribution is 2.37. The quantitative estimate of drug-likeness (QED) is 0.881. The van der Waals surface area contributed by atoms with Gasteiger partial charge in [0.05, 0.1) is 20.3 Å². The molecule has 2 N–H and O–H groups in total. The van der Waals surface area contributed by atoms with Crippen LogP contribution in [0.1, 0.15) is 32.2 Å². The average Bonchev–Trinajstić information content (AvgIpc) is 2.95. The first kappa shape index (κ1) is 15.3. The summed E-state index contributed by atoms with van der Waals surface area (Å²) >= 11 is 0. The zero-order valence-electron chi connectivity index (χ0n) is 12.8. The minimum absolute atomic E-state index is 0.271. The Morgan fingerprint density at radius 1 is 1.14 bits per heavy atom. The fourth-order valence-corrected chi connectivity index (χ4v) is 2.16. The molecule has 1 heterocycles. The maximum Gasteiger partial charge on any atom is 0.255 e. The van der Waals surface area contributed by atoms with Gasteiger partial charge in [-0.2, -0.15) is 0 Å². The molecule has 0 bridgehead atoms. The highest BCUT2D eigenvalue weighted by Gasteiger charge is 2.21. The molecule has 1 aromatic heterocycles. The lowest BCUT2D eigenvalue weighted by Gasteiger charge is -2.10. The summed E-state index contributed by atoms with van der Waals surface area (Å²) in [6.45, 7) is 4.20.